The number of nitrogens with one attached hydrogen (secondary N) is 2. The number of hydrogen-bond acceptors (Lipinski definition) is 5. The minimum Gasteiger partial charge on any atom is -0.390 e. The van der Waals surface area contributed by atoms with Gasteiger partial charge in [-0.3, -0.25) is 14.5 Å². The smallest absolute Gasteiger partial charge is 0.237 e. The van der Waals surface area contributed by atoms with E-state index in [2.05, 4.69) is 15.5 Å². The third kappa shape index (κ3) is 7.90. The molecule has 6 heteroatoms. The molecule has 184 valence electrons. The summed E-state index contributed by atoms with van der Waals surface area (Å²) in [7, 11) is 0. The Labute approximate surface area is 199 Å². The number of hydrogen-bond donors (Lipinski definition) is 3. The Hall–Kier alpha value is -1.76. The Kier molecular flexibility index (Phi) is 9.08. The molecule has 0 bridgehead atoms. The van der Waals surface area contributed by atoms with Crippen LogP contribution in [0.2, 0.25) is 0 Å². The number of aliphatic hydroxyl groups is 1. The summed E-state index contributed by atoms with van der Waals surface area (Å²) in [5.41, 5.74) is 0.828. The average Bonchev–Trinajstić information content (AvgIpc) is 2.75. The van der Waals surface area contributed by atoms with Gasteiger partial charge in [0, 0.05) is 24.7 Å². The molecule has 3 N–H and O–H groups in total. The molecule has 1 heterocycles. The number of aliphatic hydroxyl groups excluding tert-OH is 1. The fourth-order valence-corrected chi connectivity index (χ4v) is 5.48. The SMILES string of the molecule is CC(=O)CNC(Cc1ccccc1)C(O)CN1CC2CCCCC2C[C@H]1C(=O)NC(C)(C)C. The number of ketones is 1. The second-order valence-corrected chi connectivity index (χ2v) is 11.2. The van der Waals surface area contributed by atoms with Crippen molar-refractivity contribution in [3.63, 3.8) is 0 Å². The fraction of sp³-hybridized carbons (Fsp3) is 0.704. The van der Waals surface area contributed by atoms with E-state index in [4.69, 9.17) is 0 Å². The quantitative estimate of drug-likeness (QED) is 0.531. The zero-order valence-electron chi connectivity index (χ0n) is 20.8. The van der Waals surface area contributed by atoms with Crippen LogP contribution >= 0.6 is 0 Å². The molecule has 1 aromatic carbocycles. The maximum atomic E-state index is 13.3. The fourth-order valence-electron chi connectivity index (χ4n) is 5.48. The number of benzene rings is 1. The second kappa shape index (κ2) is 11.6. The monoisotopic (exact) mass is 457 g/mol. The molecule has 0 spiro atoms. The zero-order chi connectivity index (χ0) is 24.0. The summed E-state index contributed by atoms with van der Waals surface area (Å²) in [6.45, 7) is 9.10. The number of likely N-dealkylation sites (tertiary alicyclic amines) is 1. The summed E-state index contributed by atoms with van der Waals surface area (Å²) >= 11 is 0. The highest BCUT2D eigenvalue weighted by Crippen LogP contribution is 2.38. The van der Waals surface area contributed by atoms with Gasteiger partial charge in [-0.1, -0.05) is 49.6 Å². The Morgan fingerprint density at radius 1 is 1.12 bits per heavy atom. The lowest BCUT2D eigenvalue weighted by Crippen LogP contribution is -2.60. The Bertz CT molecular complexity index is 777. The van der Waals surface area contributed by atoms with Crippen molar-refractivity contribution in [2.45, 2.75) is 89.9 Å². The van der Waals surface area contributed by atoms with Gasteiger partial charge in [-0.2, -0.15) is 0 Å². The number of fused-ring (bicyclic) bond motifs is 1. The van der Waals surface area contributed by atoms with E-state index in [0.717, 1.165) is 18.5 Å². The standard InChI is InChI=1S/C27H43N3O3/c1-19(31)16-28-23(14-20-10-6-5-7-11-20)25(32)18-30-17-22-13-9-8-12-21(22)15-24(30)26(33)29-27(2,3)4/h5-7,10-11,21-25,28,32H,8-9,12-18H2,1-4H3,(H,29,33)/t21?,22?,23?,24-,25?/m0/s1. The minimum absolute atomic E-state index is 0.0470. The molecular formula is C27H43N3O3. The van der Waals surface area contributed by atoms with Crippen LogP contribution in [0.15, 0.2) is 30.3 Å². The molecule has 1 amide bonds. The van der Waals surface area contributed by atoms with E-state index in [-0.39, 0.29) is 35.9 Å². The number of carbonyl (C=O) groups is 2. The Morgan fingerprint density at radius 2 is 1.79 bits per heavy atom. The maximum absolute atomic E-state index is 13.3. The van der Waals surface area contributed by atoms with E-state index < -0.39 is 6.10 Å². The Balaban J connectivity index is 1.75. The first-order chi connectivity index (χ1) is 15.6. The Morgan fingerprint density at radius 3 is 2.42 bits per heavy atom. The third-order valence-electron chi connectivity index (χ3n) is 7.10. The molecule has 4 unspecified atom stereocenters. The molecule has 2 aliphatic rings. The minimum atomic E-state index is -0.686. The van der Waals surface area contributed by atoms with Crippen molar-refractivity contribution in [2.75, 3.05) is 19.6 Å². The van der Waals surface area contributed by atoms with Crippen LogP contribution in [-0.4, -0.2) is 65.1 Å². The largest absolute Gasteiger partial charge is 0.390 e. The first-order valence-corrected chi connectivity index (χ1v) is 12.6. The third-order valence-corrected chi connectivity index (χ3v) is 7.10. The van der Waals surface area contributed by atoms with E-state index in [1.807, 2.05) is 51.1 Å². The molecular weight excluding hydrogens is 414 g/mol. The number of nitrogens with zero attached hydrogens (tertiary/aromatic N) is 1. The van der Waals surface area contributed by atoms with Crippen LogP contribution in [0.25, 0.3) is 0 Å². The van der Waals surface area contributed by atoms with E-state index in [0.29, 0.717) is 24.8 Å². The molecule has 1 aliphatic carbocycles. The van der Waals surface area contributed by atoms with Crippen molar-refractivity contribution in [1.82, 2.24) is 15.5 Å². The topological polar surface area (TPSA) is 81.7 Å². The molecule has 1 aliphatic heterocycles. The lowest BCUT2D eigenvalue weighted by Gasteiger charge is -2.47. The molecule has 5 atom stereocenters. The molecule has 0 radical (unpaired) electrons. The number of amides is 1. The normalized spacial score (nSPS) is 25.7. The van der Waals surface area contributed by atoms with Crippen molar-refractivity contribution in [2.24, 2.45) is 11.8 Å². The summed E-state index contributed by atoms with van der Waals surface area (Å²) in [6.07, 6.45) is 5.74. The molecule has 2 fully saturated rings. The van der Waals surface area contributed by atoms with Crippen LogP contribution in [0.1, 0.15) is 65.4 Å². The van der Waals surface area contributed by atoms with Crippen LogP contribution in [0.5, 0.6) is 0 Å². The van der Waals surface area contributed by atoms with E-state index >= 15 is 0 Å². The lowest BCUT2D eigenvalue weighted by molar-refractivity contribution is -0.132. The predicted octanol–water partition coefficient (Wildman–Crippen LogP) is 2.93. The van der Waals surface area contributed by atoms with Gasteiger partial charge in [0.05, 0.1) is 18.7 Å². The van der Waals surface area contributed by atoms with Crippen molar-refractivity contribution in [3.05, 3.63) is 35.9 Å². The number of β-amino-alcohol motifs (C(OH)–C–C–N with tert-alkyl or cyclic N) is 1. The van der Waals surface area contributed by atoms with Crippen molar-refractivity contribution in [3.8, 4) is 0 Å². The molecule has 3 rings (SSSR count). The van der Waals surface area contributed by atoms with Crippen LogP contribution < -0.4 is 10.6 Å². The summed E-state index contributed by atoms with van der Waals surface area (Å²) in [5.74, 6) is 1.31. The summed E-state index contributed by atoms with van der Waals surface area (Å²) in [5, 5.41) is 17.8. The van der Waals surface area contributed by atoms with Gasteiger partial charge in [-0.15, -0.1) is 0 Å². The van der Waals surface area contributed by atoms with Gasteiger partial charge in [-0.25, -0.2) is 0 Å². The summed E-state index contributed by atoms with van der Waals surface area (Å²) < 4.78 is 0. The van der Waals surface area contributed by atoms with Gasteiger partial charge in [0.2, 0.25) is 5.91 Å². The van der Waals surface area contributed by atoms with E-state index in [9.17, 15) is 14.7 Å². The summed E-state index contributed by atoms with van der Waals surface area (Å²) in [4.78, 5) is 27.1. The summed E-state index contributed by atoms with van der Waals surface area (Å²) in [6, 6.07) is 9.57. The molecule has 1 aromatic rings. The highest BCUT2D eigenvalue weighted by molar-refractivity contribution is 5.82. The predicted molar refractivity (Wildman–Crippen MR) is 132 cm³/mol. The van der Waals surface area contributed by atoms with Gasteiger partial charge in [-0.05, 0) is 64.4 Å². The highest BCUT2D eigenvalue weighted by Gasteiger charge is 2.41. The number of piperidine rings is 1. The lowest BCUT2D eigenvalue weighted by atomic mass is 9.72. The molecule has 1 saturated heterocycles. The van der Waals surface area contributed by atoms with E-state index in [1.54, 1.807) is 6.92 Å². The molecule has 33 heavy (non-hydrogen) atoms. The second-order valence-electron chi connectivity index (χ2n) is 11.2. The van der Waals surface area contributed by atoms with Crippen LogP contribution in [-0.2, 0) is 16.0 Å². The number of Topliss-reactive ketones (excluding diaryl/α,β-unsaturated/α-hetero) is 1. The average molecular weight is 458 g/mol. The van der Waals surface area contributed by atoms with Gasteiger partial charge in [0.15, 0.2) is 0 Å². The van der Waals surface area contributed by atoms with Crippen LogP contribution in [0.4, 0.5) is 0 Å². The molecule has 1 saturated carbocycles. The number of rotatable bonds is 9. The zero-order valence-corrected chi connectivity index (χ0v) is 20.8. The first kappa shape index (κ1) is 25.9. The van der Waals surface area contributed by atoms with Crippen LogP contribution in [0.3, 0.4) is 0 Å². The molecule has 6 nitrogen and oxygen atoms in total. The van der Waals surface area contributed by atoms with Crippen molar-refractivity contribution >= 4 is 11.7 Å². The van der Waals surface area contributed by atoms with E-state index in [1.165, 1.54) is 25.7 Å². The van der Waals surface area contributed by atoms with Gasteiger partial charge < -0.3 is 15.7 Å². The van der Waals surface area contributed by atoms with Crippen molar-refractivity contribution in [1.29, 1.82) is 0 Å². The molecule has 0 aromatic heterocycles. The van der Waals surface area contributed by atoms with Crippen molar-refractivity contribution < 1.29 is 14.7 Å². The van der Waals surface area contributed by atoms with Gasteiger partial charge in [0.25, 0.3) is 0 Å². The van der Waals surface area contributed by atoms with Crippen LogP contribution in [0, 0.1) is 11.8 Å². The first-order valence-electron chi connectivity index (χ1n) is 12.6. The maximum Gasteiger partial charge on any atom is 0.237 e. The van der Waals surface area contributed by atoms with Gasteiger partial charge >= 0.3 is 0 Å². The van der Waals surface area contributed by atoms with Gasteiger partial charge in [0.1, 0.15) is 5.78 Å². The number of carbonyl (C=O) groups excluding carboxylic acids is 2. The highest BCUT2D eigenvalue weighted by atomic mass is 16.3.